The van der Waals surface area contributed by atoms with E-state index < -0.39 is 5.97 Å². The molecule has 0 aliphatic rings. The fraction of sp³-hybridized carbons (Fsp3) is 0.235. The van der Waals surface area contributed by atoms with Crippen LogP contribution in [0.1, 0.15) is 22.3 Å². The third-order valence-corrected chi connectivity index (χ3v) is 3.36. The van der Waals surface area contributed by atoms with Crippen molar-refractivity contribution in [3.63, 3.8) is 0 Å². The molecule has 0 fully saturated rings. The molecule has 0 amide bonds. The van der Waals surface area contributed by atoms with Gasteiger partial charge in [0.25, 0.3) is 0 Å². The van der Waals surface area contributed by atoms with Crippen molar-refractivity contribution in [1.29, 1.82) is 0 Å². The van der Waals surface area contributed by atoms with E-state index in [4.69, 9.17) is 5.11 Å². The number of carboxylic acid groups (broad SMARTS) is 1. The molecule has 0 unspecified atom stereocenters. The lowest BCUT2D eigenvalue weighted by Crippen LogP contribution is -2.06. The van der Waals surface area contributed by atoms with Crippen molar-refractivity contribution < 1.29 is 9.90 Å². The zero-order valence-electron chi connectivity index (χ0n) is 11.1. The summed E-state index contributed by atoms with van der Waals surface area (Å²) in [5.74, 6) is -0.768. The van der Waals surface area contributed by atoms with E-state index in [-0.39, 0.29) is 6.42 Å². The number of hydrogen-bond donors (Lipinski definition) is 1. The van der Waals surface area contributed by atoms with E-state index in [0.29, 0.717) is 0 Å². The van der Waals surface area contributed by atoms with Gasteiger partial charge in [-0.1, -0.05) is 48.5 Å². The van der Waals surface area contributed by atoms with Crippen LogP contribution in [0.4, 0.5) is 0 Å². The molecule has 0 saturated heterocycles. The highest BCUT2D eigenvalue weighted by Crippen LogP contribution is 2.17. The Morgan fingerprint density at radius 3 is 2.42 bits per heavy atom. The predicted octanol–water partition coefficient (Wildman–Crippen LogP) is 3.41. The van der Waals surface area contributed by atoms with Gasteiger partial charge in [-0.25, -0.2) is 0 Å². The van der Waals surface area contributed by atoms with Gasteiger partial charge in [0.1, 0.15) is 0 Å². The van der Waals surface area contributed by atoms with Crippen molar-refractivity contribution in [1.82, 2.24) is 0 Å². The van der Waals surface area contributed by atoms with Gasteiger partial charge in [-0.15, -0.1) is 0 Å². The highest BCUT2D eigenvalue weighted by atomic mass is 16.4. The normalized spacial score (nSPS) is 10.4. The Kier molecular flexibility index (Phi) is 4.35. The monoisotopic (exact) mass is 254 g/mol. The third kappa shape index (κ3) is 3.68. The Labute approximate surface area is 113 Å². The van der Waals surface area contributed by atoms with Crippen LogP contribution in [0.5, 0.6) is 0 Å². The number of rotatable bonds is 5. The number of aliphatic carboxylic acids is 1. The average Bonchev–Trinajstić information content (AvgIpc) is 2.40. The first-order valence-corrected chi connectivity index (χ1v) is 6.50. The molecule has 1 N–H and O–H groups in total. The topological polar surface area (TPSA) is 37.3 Å². The molecule has 98 valence electrons. The minimum atomic E-state index is -0.768. The summed E-state index contributed by atoms with van der Waals surface area (Å²) in [5, 5.41) is 9.00. The lowest BCUT2D eigenvalue weighted by molar-refractivity contribution is -0.136. The number of hydrogen-bond acceptors (Lipinski definition) is 1. The van der Waals surface area contributed by atoms with Gasteiger partial charge in [0.15, 0.2) is 0 Å². The average molecular weight is 254 g/mol. The molecule has 0 bridgehead atoms. The Morgan fingerprint density at radius 2 is 1.74 bits per heavy atom. The number of benzene rings is 2. The highest BCUT2D eigenvalue weighted by molar-refractivity contribution is 5.71. The summed E-state index contributed by atoms with van der Waals surface area (Å²) in [6, 6.07) is 16.3. The maximum absolute atomic E-state index is 10.9. The lowest BCUT2D eigenvalue weighted by atomic mass is 9.94. The molecule has 2 nitrogen and oxygen atoms in total. The van der Waals surface area contributed by atoms with Crippen molar-refractivity contribution in [3.8, 4) is 0 Å². The van der Waals surface area contributed by atoms with Gasteiger partial charge in [-0.2, -0.15) is 0 Å². The van der Waals surface area contributed by atoms with E-state index in [0.717, 1.165) is 29.5 Å². The van der Waals surface area contributed by atoms with E-state index in [9.17, 15) is 4.79 Å². The van der Waals surface area contributed by atoms with Crippen LogP contribution < -0.4 is 0 Å². The number of carbonyl (C=O) groups is 1. The van der Waals surface area contributed by atoms with Crippen LogP contribution >= 0.6 is 0 Å². The second-order valence-electron chi connectivity index (χ2n) is 4.77. The first kappa shape index (κ1) is 13.3. The van der Waals surface area contributed by atoms with Gasteiger partial charge in [0, 0.05) is 0 Å². The molecular formula is C17H18O2. The van der Waals surface area contributed by atoms with Crippen molar-refractivity contribution in [2.75, 3.05) is 0 Å². The van der Waals surface area contributed by atoms with E-state index in [1.807, 2.05) is 43.3 Å². The number of carboxylic acids is 1. The maximum atomic E-state index is 10.9. The molecular weight excluding hydrogens is 236 g/mol. The van der Waals surface area contributed by atoms with Crippen molar-refractivity contribution >= 4 is 5.97 Å². The van der Waals surface area contributed by atoms with Gasteiger partial charge >= 0.3 is 5.97 Å². The molecule has 0 heterocycles. The SMILES string of the molecule is Cc1cccc(CCc2ccccc2)c1CC(=O)O. The molecule has 0 aliphatic carbocycles. The van der Waals surface area contributed by atoms with Crippen LogP contribution in [0.25, 0.3) is 0 Å². The molecule has 0 spiro atoms. The first-order chi connectivity index (χ1) is 9.16. The van der Waals surface area contributed by atoms with E-state index >= 15 is 0 Å². The molecule has 2 aromatic carbocycles. The van der Waals surface area contributed by atoms with Crippen LogP contribution in [0, 0.1) is 6.92 Å². The molecule has 0 radical (unpaired) electrons. The van der Waals surface area contributed by atoms with Crippen LogP contribution in [0.3, 0.4) is 0 Å². The van der Waals surface area contributed by atoms with Gasteiger partial charge in [0.2, 0.25) is 0 Å². The summed E-state index contributed by atoms with van der Waals surface area (Å²) in [4.78, 5) is 10.9. The summed E-state index contributed by atoms with van der Waals surface area (Å²) in [5.41, 5.74) is 4.45. The smallest absolute Gasteiger partial charge is 0.307 e. The standard InChI is InChI=1S/C17H18O2/c1-13-6-5-9-15(16(13)12-17(18)19)11-10-14-7-3-2-4-8-14/h2-9H,10-12H2,1H3,(H,18,19). The van der Waals surface area contributed by atoms with Crippen LogP contribution in [0.2, 0.25) is 0 Å². The Bertz CT molecular complexity index is 559. The summed E-state index contributed by atoms with van der Waals surface area (Å²) in [7, 11) is 0. The quantitative estimate of drug-likeness (QED) is 0.887. The second-order valence-corrected chi connectivity index (χ2v) is 4.77. The van der Waals surface area contributed by atoms with E-state index in [2.05, 4.69) is 12.1 Å². The summed E-state index contributed by atoms with van der Waals surface area (Å²) >= 11 is 0. The highest BCUT2D eigenvalue weighted by Gasteiger charge is 2.09. The molecule has 2 rings (SSSR count). The van der Waals surface area contributed by atoms with Crippen molar-refractivity contribution in [3.05, 3.63) is 70.8 Å². The molecule has 0 saturated carbocycles. The van der Waals surface area contributed by atoms with Crippen molar-refractivity contribution in [2.45, 2.75) is 26.2 Å². The van der Waals surface area contributed by atoms with Crippen LogP contribution in [0.15, 0.2) is 48.5 Å². The fourth-order valence-electron chi connectivity index (χ4n) is 2.33. The van der Waals surface area contributed by atoms with Crippen LogP contribution in [-0.2, 0) is 24.1 Å². The molecule has 2 heteroatoms. The van der Waals surface area contributed by atoms with Gasteiger partial charge in [-0.3, -0.25) is 4.79 Å². The molecule has 0 atom stereocenters. The van der Waals surface area contributed by atoms with Gasteiger partial charge < -0.3 is 5.11 Å². The summed E-state index contributed by atoms with van der Waals surface area (Å²) in [6.45, 7) is 1.98. The maximum Gasteiger partial charge on any atom is 0.307 e. The zero-order chi connectivity index (χ0) is 13.7. The minimum Gasteiger partial charge on any atom is -0.481 e. The van der Waals surface area contributed by atoms with E-state index in [1.165, 1.54) is 5.56 Å². The Balaban J connectivity index is 2.15. The number of aryl methyl sites for hydroxylation is 3. The fourth-order valence-corrected chi connectivity index (χ4v) is 2.33. The Hall–Kier alpha value is -2.09. The first-order valence-electron chi connectivity index (χ1n) is 6.50. The molecule has 0 aromatic heterocycles. The third-order valence-electron chi connectivity index (χ3n) is 3.36. The molecule has 19 heavy (non-hydrogen) atoms. The van der Waals surface area contributed by atoms with E-state index in [1.54, 1.807) is 0 Å². The summed E-state index contributed by atoms with van der Waals surface area (Å²) < 4.78 is 0. The molecule has 2 aromatic rings. The van der Waals surface area contributed by atoms with Gasteiger partial charge in [0.05, 0.1) is 6.42 Å². The second kappa shape index (κ2) is 6.19. The largest absolute Gasteiger partial charge is 0.481 e. The molecule has 0 aliphatic heterocycles. The lowest BCUT2D eigenvalue weighted by Gasteiger charge is -2.11. The van der Waals surface area contributed by atoms with Gasteiger partial charge in [-0.05, 0) is 42.0 Å². The van der Waals surface area contributed by atoms with Crippen molar-refractivity contribution in [2.24, 2.45) is 0 Å². The zero-order valence-corrected chi connectivity index (χ0v) is 11.1. The Morgan fingerprint density at radius 1 is 1.00 bits per heavy atom. The minimum absolute atomic E-state index is 0.108. The summed E-state index contributed by atoms with van der Waals surface area (Å²) in [6.07, 6.45) is 1.93. The predicted molar refractivity (Wildman–Crippen MR) is 76.4 cm³/mol. The van der Waals surface area contributed by atoms with Crippen LogP contribution in [-0.4, -0.2) is 11.1 Å².